The van der Waals surface area contributed by atoms with Crippen molar-refractivity contribution in [3.63, 3.8) is 0 Å². The van der Waals surface area contributed by atoms with Gasteiger partial charge in [-0.2, -0.15) is 0 Å². The van der Waals surface area contributed by atoms with Gasteiger partial charge in [0.1, 0.15) is 22.8 Å². The smallest absolute Gasteiger partial charge is 0.193 e. The summed E-state index contributed by atoms with van der Waals surface area (Å²) in [6.45, 7) is 0. The molecule has 5 nitrogen and oxygen atoms in total. The number of phenols is 1. The number of benzene rings is 2. The van der Waals surface area contributed by atoms with Gasteiger partial charge < -0.3 is 19.7 Å². The summed E-state index contributed by atoms with van der Waals surface area (Å²) in [5.74, 6) is -0.204. The number of allylic oxidation sites excluding steroid dienone is 1. The Balaban J connectivity index is 2.05. The molecule has 1 aliphatic rings. The summed E-state index contributed by atoms with van der Waals surface area (Å²) in [5, 5.41) is 21.6. The molecule has 29 heavy (non-hydrogen) atoms. The highest BCUT2D eigenvalue weighted by Crippen LogP contribution is 2.47. The molecule has 1 fully saturated rings. The Hall–Kier alpha value is -2.31. The van der Waals surface area contributed by atoms with E-state index in [1.165, 1.54) is 20.3 Å². The topological polar surface area (TPSA) is 76.0 Å². The van der Waals surface area contributed by atoms with Gasteiger partial charge in [0.15, 0.2) is 5.78 Å². The van der Waals surface area contributed by atoms with Crippen LogP contribution in [0.5, 0.6) is 17.2 Å². The lowest BCUT2D eigenvalue weighted by atomic mass is 9.80. The Bertz CT molecular complexity index is 922. The Morgan fingerprint density at radius 1 is 1.14 bits per heavy atom. The lowest BCUT2D eigenvalue weighted by Gasteiger charge is -2.30. The molecule has 2 N–H and O–H groups in total. The number of carbonyl (C=O) groups is 1. The zero-order valence-corrected chi connectivity index (χ0v) is 18.1. The Kier molecular flexibility index (Phi) is 6.98. The fourth-order valence-electron chi connectivity index (χ4n) is 3.88. The maximum absolute atomic E-state index is 13.0. The van der Waals surface area contributed by atoms with Crippen molar-refractivity contribution in [2.45, 2.75) is 37.7 Å². The van der Waals surface area contributed by atoms with Crippen molar-refractivity contribution in [3.05, 3.63) is 57.6 Å². The average molecular weight is 461 g/mol. The molecular formula is C23H25BrO5. The van der Waals surface area contributed by atoms with Gasteiger partial charge in [0, 0.05) is 22.0 Å². The molecule has 0 spiro atoms. The Labute approximate surface area is 179 Å². The molecule has 6 heteroatoms. The van der Waals surface area contributed by atoms with Crippen LogP contribution < -0.4 is 9.47 Å². The SMILES string of the molecule is COc1cc(OC)c([C@@H]2CCCC[C@H]2O)c(O)c1C(=O)C=Cc1cccc(Br)c1. The van der Waals surface area contributed by atoms with Gasteiger partial charge in [-0.05, 0) is 36.6 Å². The normalized spacial score (nSPS) is 19.3. The number of hydrogen-bond acceptors (Lipinski definition) is 5. The van der Waals surface area contributed by atoms with Crippen LogP contribution >= 0.6 is 15.9 Å². The van der Waals surface area contributed by atoms with E-state index in [9.17, 15) is 15.0 Å². The Morgan fingerprint density at radius 2 is 1.86 bits per heavy atom. The van der Waals surface area contributed by atoms with Crippen molar-refractivity contribution < 1.29 is 24.5 Å². The number of carbonyl (C=O) groups excluding carboxylic acids is 1. The average Bonchev–Trinajstić information content (AvgIpc) is 2.72. The molecule has 0 heterocycles. The van der Waals surface area contributed by atoms with Crippen molar-refractivity contribution in [2.24, 2.45) is 0 Å². The fraction of sp³-hybridized carbons (Fsp3) is 0.348. The van der Waals surface area contributed by atoms with Crippen LogP contribution in [-0.4, -0.2) is 36.3 Å². The minimum atomic E-state index is -0.586. The molecule has 2 aromatic rings. The van der Waals surface area contributed by atoms with Gasteiger partial charge in [0.25, 0.3) is 0 Å². The fourth-order valence-corrected chi connectivity index (χ4v) is 4.29. The van der Waals surface area contributed by atoms with Crippen LogP contribution in [0, 0.1) is 0 Å². The summed E-state index contributed by atoms with van der Waals surface area (Å²) in [6.07, 6.45) is 5.78. The summed E-state index contributed by atoms with van der Waals surface area (Å²) in [6, 6.07) is 9.15. The second kappa shape index (κ2) is 9.46. The van der Waals surface area contributed by atoms with E-state index in [-0.39, 0.29) is 28.8 Å². The van der Waals surface area contributed by atoms with Gasteiger partial charge in [0.2, 0.25) is 0 Å². The first-order chi connectivity index (χ1) is 14.0. The van der Waals surface area contributed by atoms with Gasteiger partial charge in [-0.3, -0.25) is 4.79 Å². The first kappa shape index (κ1) is 21.4. The zero-order chi connectivity index (χ0) is 21.0. The number of methoxy groups -OCH3 is 2. The van der Waals surface area contributed by atoms with Gasteiger partial charge >= 0.3 is 0 Å². The van der Waals surface area contributed by atoms with E-state index in [4.69, 9.17) is 9.47 Å². The quantitative estimate of drug-likeness (QED) is 0.463. The molecule has 0 aromatic heterocycles. The van der Waals surface area contributed by atoms with Crippen molar-refractivity contribution >= 4 is 27.8 Å². The van der Waals surface area contributed by atoms with E-state index in [1.807, 2.05) is 24.3 Å². The monoisotopic (exact) mass is 460 g/mol. The van der Waals surface area contributed by atoms with Crippen LogP contribution in [0.4, 0.5) is 0 Å². The summed E-state index contributed by atoms with van der Waals surface area (Å²) in [7, 11) is 2.94. The molecule has 0 bridgehead atoms. The highest BCUT2D eigenvalue weighted by Gasteiger charge is 2.33. The third-order valence-electron chi connectivity index (χ3n) is 5.33. The molecule has 154 valence electrons. The minimum absolute atomic E-state index is 0.0762. The molecule has 3 rings (SSSR count). The molecule has 0 radical (unpaired) electrons. The second-order valence-electron chi connectivity index (χ2n) is 7.13. The van der Waals surface area contributed by atoms with Gasteiger partial charge in [0.05, 0.1) is 20.3 Å². The van der Waals surface area contributed by atoms with Crippen molar-refractivity contribution in [1.82, 2.24) is 0 Å². The van der Waals surface area contributed by atoms with Crippen LogP contribution in [0.3, 0.4) is 0 Å². The predicted octanol–water partition coefficient (Wildman–Crippen LogP) is 5.09. The van der Waals surface area contributed by atoms with E-state index >= 15 is 0 Å². The van der Waals surface area contributed by atoms with Gasteiger partial charge in [-0.25, -0.2) is 0 Å². The standard InChI is InChI=1S/C23H25BrO5/c1-28-19-13-20(29-2)22(18(26)11-10-14-6-5-7-15(24)12-14)23(27)21(19)16-8-3-4-9-17(16)25/h5-7,10-13,16-17,25,27H,3-4,8-9H2,1-2H3/t16-,17-/m1/s1. The number of aromatic hydroxyl groups is 1. The van der Waals surface area contributed by atoms with Crippen molar-refractivity contribution in [2.75, 3.05) is 14.2 Å². The lowest BCUT2D eigenvalue weighted by molar-refractivity contribution is 0.101. The number of ketones is 1. The van der Waals surface area contributed by atoms with E-state index in [0.29, 0.717) is 17.7 Å². The summed E-state index contributed by atoms with van der Waals surface area (Å²) < 4.78 is 11.7. The van der Waals surface area contributed by atoms with E-state index in [1.54, 1.807) is 12.1 Å². The highest BCUT2D eigenvalue weighted by atomic mass is 79.9. The molecule has 0 saturated heterocycles. The third-order valence-corrected chi connectivity index (χ3v) is 5.82. The predicted molar refractivity (Wildman–Crippen MR) is 116 cm³/mol. The van der Waals surface area contributed by atoms with Crippen LogP contribution in [0.25, 0.3) is 6.08 Å². The maximum atomic E-state index is 13.0. The number of ether oxygens (including phenoxy) is 2. The van der Waals surface area contributed by atoms with Crippen LogP contribution in [0.15, 0.2) is 40.9 Å². The highest BCUT2D eigenvalue weighted by molar-refractivity contribution is 9.10. The number of halogens is 1. The van der Waals surface area contributed by atoms with E-state index < -0.39 is 6.10 Å². The molecular weight excluding hydrogens is 436 g/mol. The molecule has 0 aliphatic heterocycles. The molecule has 0 unspecified atom stereocenters. The molecule has 2 aromatic carbocycles. The van der Waals surface area contributed by atoms with Gasteiger partial charge in [-0.1, -0.05) is 47.0 Å². The van der Waals surface area contributed by atoms with Crippen LogP contribution in [-0.2, 0) is 0 Å². The number of aliphatic hydroxyl groups excluding tert-OH is 1. The first-order valence-electron chi connectivity index (χ1n) is 9.60. The maximum Gasteiger partial charge on any atom is 0.193 e. The molecule has 0 amide bonds. The van der Waals surface area contributed by atoms with Crippen LogP contribution in [0.2, 0.25) is 0 Å². The first-order valence-corrected chi connectivity index (χ1v) is 10.4. The summed E-state index contributed by atoms with van der Waals surface area (Å²) >= 11 is 3.41. The minimum Gasteiger partial charge on any atom is -0.507 e. The van der Waals surface area contributed by atoms with E-state index in [0.717, 1.165) is 29.3 Å². The Morgan fingerprint density at radius 3 is 2.52 bits per heavy atom. The zero-order valence-electron chi connectivity index (χ0n) is 16.5. The molecule has 2 atom stereocenters. The van der Waals surface area contributed by atoms with Gasteiger partial charge in [-0.15, -0.1) is 0 Å². The van der Waals surface area contributed by atoms with E-state index in [2.05, 4.69) is 15.9 Å². The largest absolute Gasteiger partial charge is 0.507 e. The van der Waals surface area contributed by atoms with Crippen LogP contribution in [0.1, 0.15) is 53.1 Å². The number of aliphatic hydroxyl groups is 1. The number of rotatable bonds is 6. The molecule has 1 saturated carbocycles. The van der Waals surface area contributed by atoms with Crippen molar-refractivity contribution in [3.8, 4) is 17.2 Å². The number of hydrogen-bond donors (Lipinski definition) is 2. The second-order valence-corrected chi connectivity index (χ2v) is 8.04. The lowest BCUT2D eigenvalue weighted by Crippen LogP contribution is -2.23. The summed E-state index contributed by atoms with van der Waals surface area (Å²) in [5.41, 5.74) is 1.40. The van der Waals surface area contributed by atoms with Crippen molar-refractivity contribution in [1.29, 1.82) is 0 Å². The molecule has 1 aliphatic carbocycles. The third kappa shape index (κ3) is 4.65. The number of phenolic OH excluding ortho intramolecular Hbond substituents is 1. The summed E-state index contributed by atoms with van der Waals surface area (Å²) in [4.78, 5) is 13.0.